The number of carbonyl (C=O) groups is 3. The topological polar surface area (TPSA) is 110 Å². The van der Waals surface area contributed by atoms with Crippen LogP contribution in [0.2, 0.25) is 0 Å². The average molecular weight is 512 g/mol. The lowest BCUT2D eigenvalue weighted by atomic mass is 10.1. The highest BCUT2D eigenvalue weighted by Crippen LogP contribution is 2.26. The van der Waals surface area contributed by atoms with Gasteiger partial charge in [-0.15, -0.1) is 0 Å². The van der Waals surface area contributed by atoms with Gasteiger partial charge in [-0.05, 0) is 89.8 Å². The van der Waals surface area contributed by atoms with E-state index in [1.165, 1.54) is 0 Å². The average Bonchev–Trinajstić information content (AvgIpc) is 3.29. The molecule has 9 nitrogen and oxygen atoms in total. The molecule has 2 N–H and O–H groups in total. The van der Waals surface area contributed by atoms with Gasteiger partial charge in [0.2, 0.25) is 0 Å². The molecule has 200 valence electrons. The van der Waals surface area contributed by atoms with E-state index in [0.717, 1.165) is 11.1 Å². The Balaban J connectivity index is 1.49. The number of furan rings is 1. The summed E-state index contributed by atoms with van der Waals surface area (Å²) in [5.74, 6) is 0.468. The molecule has 9 heteroatoms. The number of ether oxygens (including phenoxy) is 2. The zero-order valence-electron chi connectivity index (χ0n) is 22.5. The second kappa shape index (κ2) is 11.5. The van der Waals surface area contributed by atoms with Gasteiger partial charge in [-0.25, -0.2) is 9.59 Å². The highest BCUT2D eigenvalue weighted by atomic mass is 16.6. The van der Waals surface area contributed by atoms with Crippen molar-refractivity contribution in [1.29, 1.82) is 0 Å². The summed E-state index contributed by atoms with van der Waals surface area (Å²) in [6, 6.07) is 10.8. The van der Waals surface area contributed by atoms with E-state index in [-0.39, 0.29) is 17.8 Å². The number of nitrogens with one attached hydrogen (secondary N) is 2. The maximum atomic E-state index is 12.7. The van der Waals surface area contributed by atoms with Crippen molar-refractivity contribution in [2.45, 2.75) is 65.6 Å². The second-order valence-corrected chi connectivity index (χ2v) is 10.9. The fourth-order valence-corrected chi connectivity index (χ4v) is 3.59. The lowest BCUT2D eigenvalue weighted by molar-refractivity contribution is 0.0269. The molecular formula is C28H37N3O6. The van der Waals surface area contributed by atoms with Gasteiger partial charge in [0, 0.05) is 25.3 Å². The lowest BCUT2D eigenvalue weighted by Crippen LogP contribution is -2.39. The van der Waals surface area contributed by atoms with Crippen LogP contribution in [-0.2, 0) is 15.9 Å². The van der Waals surface area contributed by atoms with Crippen LogP contribution >= 0.6 is 0 Å². The molecule has 1 aromatic carbocycles. The Morgan fingerprint density at radius 2 is 1.62 bits per heavy atom. The third-order valence-electron chi connectivity index (χ3n) is 5.30. The molecule has 0 bridgehead atoms. The van der Waals surface area contributed by atoms with E-state index in [9.17, 15) is 14.4 Å². The molecule has 37 heavy (non-hydrogen) atoms. The van der Waals surface area contributed by atoms with Crippen molar-refractivity contribution in [3.8, 4) is 0 Å². The molecule has 1 aliphatic rings. The predicted octanol–water partition coefficient (Wildman–Crippen LogP) is 5.62. The van der Waals surface area contributed by atoms with Crippen molar-refractivity contribution in [3.05, 3.63) is 59.6 Å². The van der Waals surface area contributed by atoms with Crippen LogP contribution in [0.4, 0.5) is 15.3 Å². The van der Waals surface area contributed by atoms with E-state index in [0.29, 0.717) is 43.9 Å². The summed E-state index contributed by atoms with van der Waals surface area (Å²) >= 11 is 0. The summed E-state index contributed by atoms with van der Waals surface area (Å²) in [4.78, 5) is 38.3. The Bertz CT molecular complexity index is 1140. The first kappa shape index (κ1) is 27.8. The molecule has 3 rings (SSSR count). The first-order valence-corrected chi connectivity index (χ1v) is 12.4. The number of hydrogen-bond donors (Lipinski definition) is 2. The first-order valence-electron chi connectivity index (χ1n) is 12.4. The molecule has 0 saturated heterocycles. The third kappa shape index (κ3) is 9.00. The molecule has 3 amide bonds. The number of rotatable bonds is 6. The standard InChI is InChI=1S/C28H37N3O6/c1-27(2,3)36-25(33)29-16-13-19-7-9-21(10-8-19)30-24(32)23-12-11-22(35-23)20-14-17-31(18-15-20)26(34)37-28(4,5)6/h7-12,14H,13,15-18H2,1-6H3,(H,29,33)(H,30,32). The number of alkyl carbamates (subject to hydrolysis) is 1. The van der Waals surface area contributed by atoms with Gasteiger partial charge < -0.3 is 29.4 Å². The molecule has 0 unspecified atom stereocenters. The Kier molecular flexibility index (Phi) is 8.68. The van der Waals surface area contributed by atoms with Crippen molar-refractivity contribution in [1.82, 2.24) is 10.2 Å². The van der Waals surface area contributed by atoms with Gasteiger partial charge in [-0.3, -0.25) is 4.79 Å². The van der Waals surface area contributed by atoms with Crippen LogP contribution in [0.1, 0.15) is 69.8 Å². The maximum Gasteiger partial charge on any atom is 0.410 e. The van der Waals surface area contributed by atoms with Crippen molar-refractivity contribution < 1.29 is 28.3 Å². The third-order valence-corrected chi connectivity index (χ3v) is 5.30. The van der Waals surface area contributed by atoms with Gasteiger partial charge in [-0.1, -0.05) is 18.2 Å². The zero-order valence-corrected chi connectivity index (χ0v) is 22.5. The van der Waals surface area contributed by atoms with Gasteiger partial charge in [0.05, 0.1) is 0 Å². The molecule has 2 heterocycles. The lowest BCUT2D eigenvalue weighted by Gasteiger charge is -2.29. The number of nitrogens with zero attached hydrogens (tertiary/aromatic N) is 1. The number of carbonyl (C=O) groups excluding carboxylic acids is 3. The van der Waals surface area contributed by atoms with E-state index < -0.39 is 17.3 Å². The van der Waals surface area contributed by atoms with Crippen LogP contribution in [0.25, 0.3) is 5.57 Å². The summed E-state index contributed by atoms with van der Waals surface area (Å²) in [6.07, 6.45) is 2.38. The Labute approximate surface area is 218 Å². The van der Waals surface area contributed by atoms with Crippen LogP contribution in [-0.4, -0.2) is 53.8 Å². The van der Waals surface area contributed by atoms with E-state index in [4.69, 9.17) is 13.9 Å². The second-order valence-electron chi connectivity index (χ2n) is 10.9. The number of hydrogen-bond acceptors (Lipinski definition) is 6. The van der Waals surface area contributed by atoms with Crippen molar-refractivity contribution in [2.24, 2.45) is 0 Å². The molecule has 0 aliphatic carbocycles. The van der Waals surface area contributed by atoms with Crippen LogP contribution in [0.3, 0.4) is 0 Å². The number of amides is 3. The van der Waals surface area contributed by atoms with Crippen molar-refractivity contribution in [2.75, 3.05) is 25.0 Å². The summed E-state index contributed by atoms with van der Waals surface area (Å²) < 4.78 is 16.4. The fourth-order valence-electron chi connectivity index (χ4n) is 3.59. The number of benzene rings is 1. The van der Waals surface area contributed by atoms with Crippen LogP contribution in [0.5, 0.6) is 0 Å². The molecule has 0 fully saturated rings. The molecule has 0 saturated carbocycles. The minimum Gasteiger partial charge on any atom is -0.451 e. The summed E-state index contributed by atoms with van der Waals surface area (Å²) in [6.45, 7) is 12.4. The minimum atomic E-state index is -0.538. The molecule has 0 radical (unpaired) electrons. The smallest absolute Gasteiger partial charge is 0.410 e. The van der Waals surface area contributed by atoms with E-state index in [1.54, 1.807) is 29.2 Å². The van der Waals surface area contributed by atoms with E-state index in [1.807, 2.05) is 59.8 Å². The molecular weight excluding hydrogens is 474 g/mol. The highest BCUT2D eigenvalue weighted by molar-refractivity contribution is 6.02. The largest absolute Gasteiger partial charge is 0.451 e. The molecule has 0 atom stereocenters. The quantitative estimate of drug-likeness (QED) is 0.521. The number of anilines is 1. The van der Waals surface area contributed by atoms with Gasteiger partial charge in [-0.2, -0.15) is 0 Å². The Morgan fingerprint density at radius 3 is 2.22 bits per heavy atom. The van der Waals surface area contributed by atoms with Gasteiger partial charge in [0.15, 0.2) is 5.76 Å². The Hall–Kier alpha value is -3.75. The van der Waals surface area contributed by atoms with Crippen molar-refractivity contribution >= 4 is 29.4 Å². The predicted molar refractivity (Wildman–Crippen MR) is 141 cm³/mol. The molecule has 2 aromatic rings. The summed E-state index contributed by atoms with van der Waals surface area (Å²) in [7, 11) is 0. The van der Waals surface area contributed by atoms with Crippen LogP contribution < -0.4 is 10.6 Å². The monoisotopic (exact) mass is 511 g/mol. The SMILES string of the molecule is CC(C)(C)OC(=O)NCCc1ccc(NC(=O)c2ccc(C3=CCN(C(=O)OC(C)(C)C)CC3)o2)cc1. The fraction of sp³-hybridized carbons (Fsp3) is 0.464. The van der Waals surface area contributed by atoms with Gasteiger partial charge >= 0.3 is 12.2 Å². The summed E-state index contributed by atoms with van der Waals surface area (Å²) in [5.41, 5.74) is 1.53. The van der Waals surface area contributed by atoms with Crippen molar-refractivity contribution in [3.63, 3.8) is 0 Å². The van der Waals surface area contributed by atoms with E-state index >= 15 is 0 Å². The molecule has 1 aliphatic heterocycles. The van der Waals surface area contributed by atoms with Crippen LogP contribution in [0, 0.1) is 0 Å². The maximum absolute atomic E-state index is 12.7. The zero-order chi connectivity index (χ0) is 27.2. The minimum absolute atomic E-state index is 0.205. The first-order chi connectivity index (χ1) is 17.3. The molecule has 1 aromatic heterocycles. The van der Waals surface area contributed by atoms with E-state index in [2.05, 4.69) is 10.6 Å². The van der Waals surface area contributed by atoms with Gasteiger partial charge in [0.25, 0.3) is 5.91 Å². The Morgan fingerprint density at radius 1 is 0.946 bits per heavy atom. The molecule has 0 spiro atoms. The summed E-state index contributed by atoms with van der Waals surface area (Å²) in [5, 5.41) is 5.56. The van der Waals surface area contributed by atoms with Gasteiger partial charge in [0.1, 0.15) is 17.0 Å². The highest BCUT2D eigenvalue weighted by Gasteiger charge is 2.25. The van der Waals surface area contributed by atoms with Crippen LogP contribution in [0.15, 0.2) is 46.9 Å². The normalized spacial score (nSPS) is 14.0.